The van der Waals surface area contributed by atoms with E-state index in [1.54, 1.807) is 6.20 Å². The molecule has 2 fully saturated rings. The largest absolute Gasteiger partial charge is 0.379 e. The van der Waals surface area contributed by atoms with Crippen molar-refractivity contribution in [1.82, 2.24) is 9.97 Å². The zero-order chi connectivity index (χ0) is 16.8. The molecule has 0 saturated heterocycles. The van der Waals surface area contributed by atoms with Crippen LogP contribution in [0.15, 0.2) is 6.20 Å². The summed E-state index contributed by atoms with van der Waals surface area (Å²) in [5.74, 6) is 1.29. The summed E-state index contributed by atoms with van der Waals surface area (Å²) in [7, 11) is 0. The van der Waals surface area contributed by atoms with Crippen LogP contribution in [0.5, 0.6) is 0 Å². The number of ether oxygens (including phenoxy) is 1. The molecular formula is C18H27N5O. The molecule has 0 amide bonds. The quantitative estimate of drug-likeness (QED) is 0.831. The van der Waals surface area contributed by atoms with Crippen molar-refractivity contribution >= 4 is 11.8 Å². The lowest BCUT2D eigenvalue weighted by Gasteiger charge is -2.29. The van der Waals surface area contributed by atoms with Crippen LogP contribution >= 0.6 is 0 Å². The first kappa shape index (κ1) is 17.0. The molecule has 1 aromatic rings. The lowest BCUT2D eigenvalue weighted by atomic mass is 9.93. The third-order valence-electron chi connectivity index (χ3n) is 5.02. The van der Waals surface area contributed by atoms with Gasteiger partial charge in [-0.2, -0.15) is 10.2 Å². The molecule has 0 aromatic carbocycles. The zero-order valence-corrected chi connectivity index (χ0v) is 14.4. The van der Waals surface area contributed by atoms with Gasteiger partial charge in [-0.1, -0.05) is 12.8 Å². The molecule has 2 saturated carbocycles. The van der Waals surface area contributed by atoms with E-state index in [1.807, 2.05) is 6.92 Å². The van der Waals surface area contributed by atoms with Crippen molar-refractivity contribution in [2.45, 2.75) is 76.5 Å². The van der Waals surface area contributed by atoms with Crippen molar-refractivity contribution < 1.29 is 4.74 Å². The van der Waals surface area contributed by atoms with E-state index in [0.29, 0.717) is 35.5 Å². The number of anilines is 2. The van der Waals surface area contributed by atoms with Crippen molar-refractivity contribution in [3.05, 3.63) is 11.8 Å². The Balaban J connectivity index is 1.60. The predicted molar refractivity (Wildman–Crippen MR) is 93.9 cm³/mol. The van der Waals surface area contributed by atoms with E-state index in [2.05, 4.69) is 26.7 Å². The molecule has 1 aromatic heterocycles. The maximum Gasteiger partial charge on any atom is 0.224 e. The number of hydrogen-bond donors (Lipinski definition) is 2. The van der Waals surface area contributed by atoms with Gasteiger partial charge in [0.2, 0.25) is 5.95 Å². The summed E-state index contributed by atoms with van der Waals surface area (Å²) < 4.78 is 5.70. The van der Waals surface area contributed by atoms with Crippen LogP contribution in [0.1, 0.15) is 63.9 Å². The Labute approximate surface area is 144 Å². The second-order valence-corrected chi connectivity index (χ2v) is 6.77. The van der Waals surface area contributed by atoms with Gasteiger partial charge in [0.15, 0.2) is 0 Å². The molecule has 6 nitrogen and oxygen atoms in total. The number of nitriles is 1. The number of rotatable bonds is 6. The van der Waals surface area contributed by atoms with Crippen LogP contribution < -0.4 is 10.6 Å². The van der Waals surface area contributed by atoms with Crippen LogP contribution in [-0.4, -0.2) is 34.8 Å². The minimum absolute atomic E-state index is 0.383. The SMILES string of the molecule is CCO[C@H]1CC[C@H](Nc2ncc(C#N)c(NC3CCCC3)n2)CC1. The minimum atomic E-state index is 0.383. The molecule has 2 N–H and O–H groups in total. The van der Waals surface area contributed by atoms with E-state index >= 15 is 0 Å². The molecule has 6 heteroatoms. The molecule has 0 bridgehead atoms. The summed E-state index contributed by atoms with van der Waals surface area (Å²) in [6.45, 7) is 2.84. The van der Waals surface area contributed by atoms with Crippen LogP contribution in [0.2, 0.25) is 0 Å². The van der Waals surface area contributed by atoms with Crippen molar-refractivity contribution in [2.75, 3.05) is 17.2 Å². The van der Waals surface area contributed by atoms with E-state index in [-0.39, 0.29) is 0 Å². The Bertz CT molecular complexity index is 571. The average Bonchev–Trinajstić information content (AvgIpc) is 3.10. The van der Waals surface area contributed by atoms with Gasteiger partial charge in [-0.3, -0.25) is 0 Å². The molecule has 0 atom stereocenters. The lowest BCUT2D eigenvalue weighted by Crippen LogP contribution is -2.30. The first-order valence-electron chi connectivity index (χ1n) is 9.20. The third kappa shape index (κ3) is 4.35. The van der Waals surface area contributed by atoms with E-state index < -0.39 is 0 Å². The number of nitrogens with one attached hydrogen (secondary N) is 2. The Morgan fingerprint density at radius 3 is 2.50 bits per heavy atom. The average molecular weight is 329 g/mol. The van der Waals surface area contributed by atoms with E-state index in [4.69, 9.17) is 4.74 Å². The van der Waals surface area contributed by atoms with Crippen molar-refractivity contribution in [1.29, 1.82) is 5.26 Å². The van der Waals surface area contributed by atoms with Gasteiger partial charge in [0.1, 0.15) is 17.5 Å². The van der Waals surface area contributed by atoms with E-state index in [0.717, 1.165) is 45.1 Å². The smallest absolute Gasteiger partial charge is 0.224 e. The van der Waals surface area contributed by atoms with Crippen molar-refractivity contribution in [2.24, 2.45) is 0 Å². The standard InChI is InChI=1S/C18H27N5O/c1-2-24-16-9-7-15(8-10-16)22-18-20-12-13(11-19)17(23-18)21-14-5-3-4-6-14/h12,14-16H,2-10H2,1H3,(H2,20,21,22,23)/t15-,16-. The van der Waals surface area contributed by atoms with Crippen molar-refractivity contribution in [3.63, 3.8) is 0 Å². The first-order chi connectivity index (χ1) is 11.8. The fourth-order valence-corrected chi connectivity index (χ4v) is 3.70. The summed E-state index contributed by atoms with van der Waals surface area (Å²) >= 11 is 0. The number of nitrogens with zero attached hydrogens (tertiary/aromatic N) is 3. The van der Waals surface area contributed by atoms with Crippen LogP contribution in [0.3, 0.4) is 0 Å². The highest BCUT2D eigenvalue weighted by atomic mass is 16.5. The molecule has 1 heterocycles. The minimum Gasteiger partial charge on any atom is -0.379 e. The van der Waals surface area contributed by atoms with E-state index in [1.165, 1.54) is 12.8 Å². The van der Waals surface area contributed by atoms with Gasteiger partial charge >= 0.3 is 0 Å². The molecule has 2 aliphatic carbocycles. The summed E-state index contributed by atoms with van der Waals surface area (Å²) in [6.07, 6.45) is 11.1. The van der Waals surface area contributed by atoms with Gasteiger partial charge in [-0.05, 0) is 45.4 Å². The maximum absolute atomic E-state index is 9.28. The normalized spacial score (nSPS) is 24.5. The molecular weight excluding hydrogens is 302 g/mol. The second kappa shape index (κ2) is 8.29. The Morgan fingerprint density at radius 2 is 1.83 bits per heavy atom. The lowest BCUT2D eigenvalue weighted by molar-refractivity contribution is 0.0346. The van der Waals surface area contributed by atoms with Gasteiger partial charge in [0.05, 0.1) is 12.3 Å². The Kier molecular flexibility index (Phi) is 5.86. The van der Waals surface area contributed by atoms with Crippen LogP contribution in [0, 0.1) is 11.3 Å². The predicted octanol–water partition coefficient (Wildman–Crippen LogP) is 3.46. The Hall–Kier alpha value is -1.87. The molecule has 3 rings (SSSR count). The molecule has 24 heavy (non-hydrogen) atoms. The molecule has 2 aliphatic rings. The van der Waals surface area contributed by atoms with E-state index in [9.17, 15) is 5.26 Å². The molecule has 0 aliphatic heterocycles. The van der Waals surface area contributed by atoms with Gasteiger partial charge in [0, 0.05) is 18.7 Å². The van der Waals surface area contributed by atoms with Crippen LogP contribution in [-0.2, 0) is 4.74 Å². The van der Waals surface area contributed by atoms with Gasteiger partial charge in [-0.25, -0.2) is 4.98 Å². The van der Waals surface area contributed by atoms with Gasteiger partial charge in [-0.15, -0.1) is 0 Å². The fraction of sp³-hybridized carbons (Fsp3) is 0.722. The third-order valence-corrected chi connectivity index (χ3v) is 5.02. The highest BCUT2D eigenvalue weighted by Crippen LogP contribution is 2.25. The van der Waals surface area contributed by atoms with Crippen LogP contribution in [0.4, 0.5) is 11.8 Å². The molecule has 0 spiro atoms. The Morgan fingerprint density at radius 1 is 1.12 bits per heavy atom. The monoisotopic (exact) mass is 329 g/mol. The first-order valence-corrected chi connectivity index (χ1v) is 9.20. The van der Waals surface area contributed by atoms with Crippen LogP contribution in [0.25, 0.3) is 0 Å². The zero-order valence-electron chi connectivity index (χ0n) is 14.4. The highest BCUT2D eigenvalue weighted by molar-refractivity contribution is 5.54. The molecule has 0 unspecified atom stereocenters. The summed E-state index contributed by atoms with van der Waals surface area (Å²) in [6, 6.07) is 3.00. The molecule has 130 valence electrons. The van der Waals surface area contributed by atoms with Gasteiger partial charge < -0.3 is 15.4 Å². The highest BCUT2D eigenvalue weighted by Gasteiger charge is 2.22. The fourth-order valence-electron chi connectivity index (χ4n) is 3.70. The topological polar surface area (TPSA) is 82.9 Å². The van der Waals surface area contributed by atoms with Gasteiger partial charge in [0.25, 0.3) is 0 Å². The molecule has 0 radical (unpaired) electrons. The maximum atomic E-state index is 9.28. The number of hydrogen-bond acceptors (Lipinski definition) is 6. The summed E-state index contributed by atoms with van der Waals surface area (Å²) in [5, 5.41) is 16.1. The second-order valence-electron chi connectivity index (χ2n) is 6.77. The van der Waals surface area contributed by atoms with Crippen molar-refractivity contribution in [3.8, 4) is 6.07 Å². The summed E-state index contributed by atoms with van der Waals surface area (Å²) in [4.78, 5) is 8.89. The number of aromatic nitrogens is 2. The summed E-state index contributed by atoms with van der Waals surface area (Å²) in [5.41, 5.74) is 0.521.